The summed E-state index contributed by atoms with van der Waals surface area (Å²) in [6.45, 7) is 8.84. The van der Waals surface area contributed by atoms with Crippen molar-refractivity contribution < 1.29 is 19.1 Å². The van der Waals surface area contributed by atoms with Crippen LogP contribution in [0.1, 0.15) is 26.7 Å². The van der Waals surface area contributed by atoms with Crippen LogP contribution in [0.25, 0.3) is 0 Å². The van der Waals surface area contributed by atoms with Crippen molar-refractivity contribution in [2.75, 3.05) is 59.6 Å². The van der Waals surface area contributed by atoms with Crippen LogP contribution in [0.15, 0.2) is 0 Å². The van der Waals surface area contributed by atoms with Crippen LogP contribution < -0.4 is 5.32 Å². The molecule has 1 saturated heterocycles. The third-order valence-electron chi connectivity index (χ3n) is 3.91. The van der Waals surface area contributed by atoms with Gasteiger partial charge in [-0.3, -0.25) is 14.5 Å². The Morgan fingerprint density at radius 3 is 2.43 bits per heavy atom. The monoisotopic (exact) mass is 329 g/mol. The first-order chi connectivity index (χ1) is 11.1. The molecule has 7 nitrogen and oxygen atoms in total. The van der Waals surface area contributed by atoms with Crippen molar-refractivity contribution in [1.82, 2.24) is 15.1 Å². The van der Waals surface area contributed by atoms with Crippen molar-refractivity contribution in [1.29, 1.82) is 0 Å². The minimum Gasteiger partial charge on any atom is -0.385 e. The van der Waals surface area contributed by atoms with Crippen LogP contribution in [-0.2, 0) is 19.1 Å². The zero-order chi connectivity index (χ0) is 17.1. The molecule has 2 amide bonds. The number of rotatable bonds is 10. The summed E-state index contributed by atoms with van der Waals surface area (Å²) in [5.41, 5.74) is 0. The predicted octanol–water partition coefficient (Wildman–Crippen LogP) is 0.0984. The van der Waals surface area contributed by atoms with Crippen molar-refractivity contribution in [2.24, 2.45) is 0 Å². The topological polar surface area (TPSA) is 71.1 Å². The molecule has 1 heterocycles. The zero-order valence-electron chi connectivity index (χ0n) is 14.7. The molecular formula is C16H31N3O4. The SMILES string of the molecule is CCOC(CC)C(=O)N1CCN(CC(=O)NCCCOC)CC1. The molecule has 7 heteroatoms. The van der Waals surface area contributed by atoms with Crippen LogP contribution in [0.2, 0.25) is 0 Å². The maximum absolute atomic E-state index is 12.3. The second kappa shape index (κ2) is 11.4. The molecule has 1 aliphatic heterocycles. The summed E-state index contributed by atoms with van der Waals surface area (Å²) in [4.78, 5) is 28.1. The summed E-state index contributed by atoms with van der Waals surface area (Å²) < 4.78 is 10.4. The second-order valence-electron chi connectivity index (χ2n) is 5.65. The number of ether oxygens (including phenoxy) is 2. The minimum absolute atomic E-state index is 0.0293. The molecule has 0 bridgehead atoms. The van der Waals surface area contributed by atoms with Gasteiger partial charge in [-0.1, -0.05) is 6.92 Å². The fraction of sp³-hybridized carbons (Fsp3) is 0.875. The van der Waals surface area contributed by atoms with Crippen LogP contribution in [0.5, 0.6) is 0 Å². The number of hydrogen-bond donors (Lipinski definition) is 1. The molecule has 1 atom stereocenters. The molecular weight excluding hydrogens is 298 g/mol. The highest BCUT2D eigenvalue weighted by Crippen LogP contribution is 2.08. The van der Waals surface area contributed by atoms with Gasteiger partial charge >= 0.3 is 0 Å². The molecule has 0 aromatic heterocycles. The van der Waals surface area contributed by atoms with Gasteiger partial charge in [-0.2, -0.15) is 0 Å². The lowest BCUT2D eigenvalue weighted by Gasteiger charge is -2.35. The number of carbonyl (C=O) groups is 2. The Kier molecular flexibility index (Phi) is 9.82. The highest BCUT2D eigenvalue weighted by atomic mass is 16.5. The summed E-state index contributed by atoms with van der Waals surface area (Å²) in [6.07, 6.45) is 1.17. The van der Waals surface area contributed by atoms with E-state index in [1.807, 2.05) is 18.7 Å². The molecule has 23 heavy (non-hydrogen) atoms. The maximum atomic E-state index is 12.3. The molecule has 1 aliphatic rings. The van der Waals surface area contributed by atoms with E-state index >= 15 is 0 Å². The Bertz CT molecular complexity index is 357. The maximum Gasteiger partial charge on any atom is 0.251 e. The third-order valence-corrected chi connectivity index (χ3v) is 3.91. The first-order valence-corrected chi connectivity index (χ1v) is 8.50. The van der Waals surface area contributed by atoms with E-state index in [9.17, 15) is 9.59 Å². The number of amides is 2. The fourth-order valence-corrected chi connectivity index (χ4v) is 2.60. The number of nitrogens with zero attached hydrogens (tertiary/aromatic N) is 2. The number of piperazine rings is 1. The Hall–Kier alpha value is -1.18. The summed E-state index contributed by atoms with van der Waals surface area (Å²) in [5, 5.41) is 2.88. The van der Waals surface area contributed by atoms with Gasteiger partial charge in [0.15, 0.2) is 0 Å². The van der Waals surface area contributed by atoms with E-state index in [1.54, 1.807) is 7.11 Å². The normalized spacial score (nSPS) is 17.1. The van der Waals surface area contributed by atoms with E-state index < -0.39 is 0 Å². The third kappa shape index (κ3) is 7.28. The summed E-state index contributed by atoms with van der Waals surface area (Å²) in [6, 6.07) is 0. The van der Waals surface area contributed by atoms with E-state index in [0.29, 0.717) is 45.8 Å². The van der Waals surface area contributed by atoms with Gasteiger partial charge in [0, 0.05) is 53.0 Å². The Balaban J connectivity index is 2.26. The number of methoxy groups -OCH3 is 1. The van der Waals surface area contributed by atoms with Crippen molar-refractivity contribution >= 4 is 11.8 Å². The lowest BCUT2D eigenvalue weighted by molar-refractivity contribution is -0.145. The van der Waals surface area contributed by atoms with Gasteiger partial charge in [0.05, 0.1) is 6.54 Å². The fourth-order valence-electron chi connectivity index (χ4n) is 2.60. The zero-order valence-corrected chi connectivity index (χ0v) is 14.7. The Labute approximate surface area is 139 Å². The van der Waals surface area contributed by atoms with Crippen molar-refractivity contribution in [3.63, 3.8) is 0 Å². The van der Waals surface area contributed by atoms with E-state index in [2.05, 4.69) is 10.2 Å². The van der Waals surface area contributed by atoms with Gasteiger partial charge in [0.25, 0.3) is 5.91 Å². The molecule has 0 aliphatic carbocycles. The minimum atomic E-state index is -0.337. The molecule has 0 saturated carbocycles. The Morgan fingerprint density at radius 1 is 1.17 bits per heavy atom. The van der Waals surface area contributed by atoms with Gasteiger partial charge in [0.2, 0.25) is 5.91 Å². The molecule has 0 radical (unpaired) electrons. The molecule has 1 rings (SSSR count). The molecule has 1 unspecified atom stereocenters. The number of carbonyl (C=O) groups excluding carboxylic acids is 2. The molecule has 0 spiro atoms. The lowest BCUT2D eigenvalue weighted by Crippen LogP contribution is -2.53. The van der Waals surface area contributed by atoms with Crippen LogP contribution in [0.4, 0.5) is 0 Å². The van der Waals surface area contributed by atoms with Crippen LogP contribution in [-0.4, -0.2) is 87.3 Å². The van der Waals surface area contributed by atoms with Crippen LogP contribution >= 0.6 is 0 Å². The van der Waals surface area contributed by atoms with E-state index in [1.165, 1.54) is 0 Å². The van der Waals surface area contributed by atoms with E-state index in [-0.39, 0.29) is 17.9 Å². The van der Waals surface area contributed by atoms with Gasteiger partial charge in [-0.25, -0.2) is 0 Å². The molecule has 0 aromatic carbocycles. The standard InChI is InChI=1S/C16H31N3O4/c1-4-14(23-5-2)16(21)19-10-8-18(9-11-19)13-15(20)17-7-6-12-22-3/h14H,4-13H2,1-3H3,(H,17,20). The van der Waals surface area contributed by atoms with Gasteiger partial charge in [-0.15, -0.1) is 0 Å². The first kappa shape index (κ1) is 19.9. The van der Waals surface area contributed by atoms with Crippen molar-refractivity contribution in [3.8, 4) is 0 Å². The Morgan fingerprint density at radius 2 is 1.87 bits per heavy atom. The highest BCUT2D eigenvalue weighted by Gasteiger charge is 2.27. The predicted molar refractivity (Wildman–Crippen MR) is 88.2 cm³/mol. The van der Waals surface area contributed by atoms with Gasteiger partial charge in [0.1, 0.15) is 6.10 Å². The van der Waals surface area contributed by atoms with Crippen LogP contribution in [0, 0.1) is 0 Å². The van der Waals surface area contributed by atoms with Crippen molar-refractivity contribution in [2.45, 2.75) is 32.8 Å². The van der Waals surface area contributed by atoms with Gasteiger partial charge < -0.3 is 19.7 Å². The smallest absolute Gasteiger partial charge is 0.251 e. The lowest BCUT2D eigenvalue weighted by atomic mass is 10.2. The number of nitrogens with one attached hydrogen (secondary N) is 1. The quantitative estimate of drug-likeness (QED) is 0.576. The van der Waals surface area contributed by atoms with Crippen molar-refractivity contribution in [3.05, 3.63) is 0 Å². The largest absolute Gasteiger partial charge is 0.385 e. The average molecular weight is 329 g/mol. The molecule has 134 valence electrons. The highest BCUT2D eigenvalue weighted by molar-refractivity contribution is 5.81. The van der Waals surface area contributed by atoms with Gasteiger partial charge in [-0.05, 0) is 19.8 Å². The molecule has 1 fully saturated rings. The van der Waals surface area contributed by atoms with E-state index in [4.69, 9.17) is 9.47 Å². The average Bonchev–Trinajstić information content (AvgIpc) is 2.56. The summed E-state index contributed by atoms with van der Waals surface area (Å²) in [7, 11) is 1.65. The van der Waals surface area contributed by atoms with Crippen LogP contribution in [0.3, 0.4) is 0 Å². The van der Waals surface area contributed by atoms with E-state index in [0.717, 1.165) is 19.5 Å². The molecule has 1 N–H and O–H groups in total. The second-order valence-corrected chi connectivity index (χ2v) is 5.65. The number of hydrogen-bond acceptors (Lipinski definition) is 5. The first-order valence-electron chi connectivity index (χ1n) is 8.50. The summed E-state index contributed by atoms with van der Waals surface area (Å²) in [5.74, 6) is 0.0969. The molecule has 0 aromatic rings. The summed E-state index contributed by atoms with van der Waals surface area (Å²) >= 11 is 0.